The molecule has 0 amide bonds. The molecule has 0 unspecified atom stereocenters. The Bertz CT molecular complexity index is 717. The minimum atomic E-state index is -0.540. The predicted octanol–water partition coefficient (Wildman–Crippen LogP) is 3.27. The van der Waals surface area contributed by atoms with Crippen LogP contribution in [0, 0.1) is 10.8 Å². The summed E-state index contributed by atoms with van der Waals surface area (Å²) in [6, 6.07) is 0. The van der Waals surface area contributed by atoms with Crippen LogP contribution < -0.4 is 5.73 Å². The van der Waals surface area contributed by atoms with Gasteiger partial charge in [0.15, 0.2) is 5.69 Å². The van der Waals surface area contributed by atoms with Crippen LogP contribution in [0.1, 0.15) is 64.0 Å². The third-order valence-electron chi connectivity index (χ3n) is 2.93. The molecule has 0 aliphatic carbocycles. The van der Waals surface area contributed by atoms with E-state index in [9.17, 15) is 14.4 Å². The number of nitrogens with zero attached hydrogens (tertiary/aromatic N) is 1. The van der Waals surface area contributed by atoms with Crippen molar-refractivity contribution in [1.82, 2.24) is 4.98 Å². The Labute approximate surface area is 181 Å². The van der Waals surface area contributed by atoms with Gasteiger partial charge in [0.05, 0.1) is 17.4 Å². The molecule has 0 aliphatic rings. The van der Waals surface area contributed by atoms with E-state index >= 15 is 0 Å². The molecular weight excluding hydrogens is 416 g/mol. The lowest BCUT2D eigenvalue weighted by Gasteiger charge is -2.15. The highest BCUT2D eigenvalue weighted by molar-refractivity contribution is 7.80. The molecule has 0 aromatic carbocycles. The van der Waals surface area contributed by atoms with Crippen LogP contribution in [0.25, 0.3) is 0 Å². The maximum atomic E-state index is 11.5. The molecule has 0 saturated carbocycles. The summed E-state index contributed by atoms with van der Waals surface area (Å²) in [5.41, 5.74) is 4.37. The van der Waals surface area contributed by atoms with E-state index in [1.165, 1.54) is 11.3 Å². The Kier molecular flexibility index (Phi) is 11.0. The molecule has 0 spiro atoms. The van der Waals surface area contributed by atoms with E-state index in [0.29, 0.717) is 11.6 Å². The predicted molar refractivity (Wildman–Crippen MR) is 115 cm³/mol. The Hall–Kier alpha value is -2.07. The number of thiocarbonyl (C=S) groups is 1. The first-order chi connectivity index (χ1) is 13.2. The van der Waals surface area contributed by atoms with Crippen molar-refractivity contribution < 1.29 is 28.6 Å². The number of thiazole rings is 1. The van der Waals surface area contributed by atoms with Crippen molar-refractivity contribution in [2.45, 2.75) is 55.1 Å². The van der Waals surface area contributed by atoms with Crippen molar-refractivity contribution in [1.29, 1.82) is 0 Å². The molecule has 0 radical (unpaired) electrons. The zero-order chi connectivity index (χ0) is 22.8. The Morgan fingerprint density at radius 2 is 1.55 bits per heavy atom. The summed E-state index contributed by atoms with van der Waals surface area (Å²) in [6.45, 7) is 12.8. The van der Waals surface area contributed by atoms with Gasteiger partial charge in [-0.3, -0.25) is 9.59 Å². The van der Waals surface area contributed by atoms with Crippen molar-refractivity contribution in [3.05, 3.63) is 16.1 Å². The molecular formula is C19H30N2O6S2. The normalized spacial score (nSPS) is 11.0. The summed E-state index contributed by atoms with van der Waals surface area (Å²) in [6.07, 6.45) is 0. The quantitative estimate of drug-likeness (QED) is 0.399. The number of carbonyl (C=O) groups is 3. The molecule has 10 heteroatoms. The topological polar surface area (TPSA) is 118 Å². The number of hydrogen-bond acceptors (Lipinski definition) is 9. The van der Waals surface area contributed by atoms with Gasteiger partial charge in [-0.2, -0.15) is 0 Å². The number of carbonyl (C=O) groups excluding carboxylic acids is 3. The van der Waals surface area contributed by atoms with Crippen LogP contribution in [-0.4, -0.2) is 41.1 Å². The van der Waals surface area contributed by atoms with E-state index in [1.807, 2.05) is 0 Å². The van der Waals surface area contributed by atoms with Crippen molar-refractivity contribution in [2.24, 2.45) is 16.6 Å². The van der Waals surface area contributed by atoms with Crippen molar-refractivity contribution in [3.8, 4) is 0 Å². The smallest absolute Gasteiger partial charge is 0.357 e. The standard InChI is InChI=1S/C12H17NO4S.C7H13NO2S/c1-5-16-10(14)8-7-18-9(13-8)6-17-11(15)12(2,3)4;1-7(2,3)6(9)10-4-5(8)11/h7H,5-6H2,1-4H3;4H2,1-3H3,(H2,8,11). The van der Waals surface area contributed by atoms with E-state index in [2.05, 4.69) is 17.2 Å². The Balaban J connectivity index is 0.000000614. The highest BCUT2D eigenvalue weighted by Gasteiger charge is 2.24. The van der Waals surface area contributed by atoms with Crippen LogP contribution in [0.3, 0.4) is 0 Å². The number of nitrogens with two attached hydrogens (primary N) is 1. The van der Waals surface area contributed by atoms with Crippen molar-refractivity contribution in [3.63, 3.8) is 0 Å². The average molecular weight is 447 g/mol. The minimum Gasteiger partial charge on any atom is -0.461 e. The lowest BCUT2D eigenvalue weighted by atomic mass is 9.97. The monoisotopic (exact) mass is 446 g/mol. The zero-order valence-corrected chi connectivity index (χ0v) is 19.6. The number of hydrogen-bond donors (Lipinski definition) is 1. The molecule has 1 heterocycles. The molecule has 8 nitrogen and oxygen atoms in total. The lowest BCUT2D eigenvalue weighted by molar-refractivity contribution is -0.154. The van der Waals surface area contributed by atoms with E-state index in [1.54, 1.807) is 53.8 Å². The maximum absolute atomic E-state index is 11.5. The van der Waals surface area contributed by atoms with Crippen LogP contribution >= 0.6 is 23.6 Å². The zero-order valence-electron chi connectivity index (χ0n) is 18.0. The first-order valence-electron chi connectivity index (χ1n) is 8.92. The molecule has 29 heavy (non-hydrogen) atoms. The van der Waals surface area contributed by atoms with Gasteiger partial charge in [0.25, 0.3) is 0 Å². The number of esters is 3. The van der Waals surface area contributed by atoms with Gasteiger partial charge in [0.2, 0.25) is 0 Å². The summed E-state index contributed by atoms with van der Waals surface area (Å²) >= 11 is 5.80. The lowest BCUT2D eigenvalue weighted by Crippen LogP contribution is -2.27. The second-order valence-corrected chi connectivity index (χ2v) is 9.43. The molecule has 0 bridgehead atoms. The molecule has 2 N–H and O–H groups in total. The fourth-order valence-corrected chi connectivity index (χ4v) is 2.11. The van der Waals surface area contributed by atoms with Crippen LogP contribution in [0.15, 0.2) is 5.38 Å². The van der Waals surface area contributed by atoms with Crippen LogP contribution in [-0.2, 0) is 30.4 Å². The molecule has 1 aromatic heterocycles. The van der Waals surface area contributed by atoms with Gasteiger partial charge >= 0.3 is 17.9 Å². The summed E-state index contributed by atoms with van der Waals surface area (Å²) < 4.78 is 14.7. The molecule has 164 valence electrons. The third kappa shape index (κ3) is 11.5. The summed E-state index contributed by atoms with van der Waals surface area (Å²) in [5, 5.41) is 2.17. The fourth-order valence-electron chi connectivity index (χ4n) is 1.37. The van der Waals surface area contributed by atoms with Gasteiger partial charge in [-0.15, -0.1) is 11.3 Å². The maximum Gasteiger partial charge on any atom is 0.357 e. The van der Waals surface area contributed by atoms with Gasteiger partial charge in [0, 0.05) is 5.38 Å². The first kappa shape index (κ1) is 26.9. The number of rotatable bonds is 6. The minimum absolute atomic E-state index is 0.0332. The van der Waals surface area contributed by atoms with Crippen LogP contribution in [0.5, 0.6) is 0 Å². The van der Waals surface area contributed by atoms with Gasteiger partial charge in [0.1, 0.15) is 23.2 Å². The van der Waals surface area contributed by atoms with E-state index in [-0.39, 0.29) is 35.8 Å². The van der Waals surface area contributed by atoms with Crippen molar-refractivity contribution >= 4 is 46.5 Å². The highest BCUT2D eigenvalue weighted by Crippen LogP contribution is 2.18. The third-order valence-corrected chi connectivity index (χ3v) is 3.87. The van der Waals surface area contributed by atoms with Gasteiger partial charge in [-0.1, -0.05) is 12.2 Å². The van der Waals surface area contributed by atoms with Gasteiger partial charge in [-0.25, -0.2) is 9.78 Å². The number of aromatic nitrogens is 1. The largest absolute Gasteiger partial charge is 0.461 e. The first-order valence-corrected chi connectivity index (χ1v) is 10.2. The molecule has 1 rings (SSSR count). The van der Waals surface area contributed by atoms with E-state index in [4.69, 9.17) is 19.9 Å². The SMILES string of the molecule is CC(C)(C)C(=O)OCC(N)=S.CCOC(=O)c1csc(COC(=O)C(C)(C)C)n1. The Morgan fingerprint density at radius 1 is 1.03 bits per heavy atom. The molecule has 0 fully saturated rings. The van der Waals surface area contributed by atoms with Crippen LogP contribution in [0.4, 0.5) is 0 Å². The van der Waals surface area contributed by atoms with Crippen molar-refractivity contribution in [2.75, 3.05) is 13.2 Å². The van der Waals surface area contributed by atoms with E-state index < -0.39 is 16.8 Å². The molecule has 0 saturated heterocycles. The highest BCUT2D eigenvalue weighted by atomic mass is 32.1. The van der Waals surface area contributed by atoms with Gasteiger partial charge in [-0.05, 0) is 48.5 Å². The number of ether oxygens (including phenoxy) is 3. The fraction of sp³-hybridized carbons (Fsp3) is 0.632. The second-order valence-electron chi connectivity index (χ2n) is 7.97. The summed E-state index contributed by atoms with van der Waals surface area (Å²) in [4.78, 5) is 38.2. The summed E-state index contributed by atoms with van der Waals surface area (Å²) in [5.74, 6) is -1.04. The second kappa shape index (κ2) is 11.8. The van der Waals surface area contributed by atoms with Gasteiger partial charge < -0.3 is 19.9 Å². The molecule has 1 aromatic rings. The molecule has 0 atom stereocenters. The average Bonchev–Trinajstić information content (AvgIpc) is 3.05. The molecule has 0 aliphatic heterocycles. The van der Waals surface area contributed by atoms with E-state index in [0.717, 1.165) is 0 Å². The van der Waals surface area contributed by atoms with Crippen LogP contribution in [0.2, 0.25) is 0 Å². The summed E-state index contributed by atoms with van der Waals surface area (Å²) in [7, 11) is 0. The Morgan fingerprint density at radius 3 is 2.00 bits per heavy atom.